The van der Waals surface area contributed by atoms with Gasteiger partial charge in [-0.05, 0) is 43.7 Å². The normalized spacial score (nSPS) is 27.0. The van der Waals surface area contributed by atoms with Crippen molar-refractivity contribution in [1.82, 2.24) is 26.4 Å². The lowest BCUT2D eigenvalue weighted by Crippen LogP contribution is -2.51. The van der Waals surface area contributed by atoms with E-state index in [0.717, 1.165) is 51.9 Å². The summed E-state index contributed by atoms with van der Waals surface area (Å²) in [6.07, 6.45) is 4.14. The fourth-order valence-electron chi connectivity index (χ4n) is 4.69. The Morgan fingerprint density at radius 2 is 1.83 bits per heavy atom. The van der Waals surface area contributed by atoms with Crippen LogP contribution in [0.2, 0.25) is 0 Å². The molecule has 1 aromatic rings. The second kappa shape index (κ2) is 10.4. The highest BCUT2D eigenvalue weighted by Gasteiger charge is 2.41. The first-order valence-corrected chi connectivity index (χ1v) is 10.5. The standard InChI is InChI=1S/C21H31N5O2.ClH/c27-19(14-23-21(28)20-17-13-22-9-6-18(17)24-25-20)26-10-7-16(8-11-26)12-15-4-2-1-3-5-15;/h1-5,16-18,20,22,24-25H,6-14H2,(H,23,28);1H. The summed E-state index contributed by atoms with van der Waals surface area (Å²) in [6.45, 7) is 3.45. The number of hydrogen-bond acceptors (Lipinski definition) is 5. The molecule has 0 bridgehead atoms. The predicted octanol–water partition coefficient (Wildman–Crippen LogP) is 0.460. The molecule has 160 valence electrons. The van der Waals surface area contributed by atoms with Crippen LogP contribution in [0.4, 0.5) is 0 Å². The van der Waals surface area contributed by atoms with Crippen molar-refractivity contribution in [3.05, 3.63) is 35.9 Å². The molecule has 3 saturated heterocycles. The van der Waals surface area contributed by atoms with Crippen LogP contribution in [0.3, 0.4) is 0 Å². The van der Waals surface area contributed by atoms with E-state index < -0.39 is 0 Å². The molecule has 3 aliphatic heterocycles. The van der Waals surface area contributed by atoms with Gasteiger partial charge in [0.25, 0.3) is 0 Å². The van der Waals surface area contributed by atoms with Gasteiger partial charge in [-0.2, -0.15) is 0 Å². The van der Waals surface area contributed by atoms with Crippen molar-refractivity contribution in [2.75, 3.05) is 32.7 Å². The Morgan fingerprint density at radius 1 is 1.07 bits per heavy atom. The molecule has 0 aliphatic carbocycles. The largest absolute Gasteiger partial charge is 0.346 e. The molecule has 0 spiro atoms. The van der Waals surface area contributed by atoms with E-state index in [1.165, 1.54) is 5.56 Å². The molecule has 0 aromatic heterocycles. The highest BCUT2D eigenvalue weighted by Crippen LogP contribution is 2.22. The molecule has 29 heavy (non-hydrogen) atoms. The fourth-order valence-corrected chi connectivity index (χ4v) is 4.69. The van der Waals surface area contributed by atoms with E-state index in [-0.39, 0.29) is 42.7 Å². The third kappa shape index (κ3) is 5.48. The van der Waals surface area contributed by atoms with E-state index in [1.807, 2.05) is 11.0 Å². The summed E-state index contributed by atoms with van der Waals surface area (Å²) in [7, 11) is 0. The number of amides is 2. The van der Waals surface area contributed by atoms with Crippen molar-refractivity contribution in [2.45, 2.75) is 37.8 Å². The van der Waals surface area contributed by atoms with Crippen LogP contribution in [-0.4, -0.2) is 61.5 Å². The maximum atomic E-state index is 12.5. The second-order valence-electron chi connectivity index (χ2n) is 8.26. The number of carbonyl (C=O) groups is 2. The van der Waals surface area contributed by atoms with Crippen LogP contribution in [0.25, 0.3) is 0 Å². The number of nitrogens with zero attached hydrogens (tertiary/aromatic N) is 1. The van der Waals surface area contributed by atoms with Crippen LogP contribution < -0.4 is 21.5 Å². The van der Waals surface area contributed by atoms with Crippen molar-refractivity contribution < 1.29 is 9.59 Å². The molecule has 3 unspecified atom stereocenters. The zero-order valence-corrected chi connectivity index (χ0v) is 17.5. The summed E-state index contributed by atoms with van der Waals surface area (Å²) in [6, 6.07) is 10.6. The zero-order chi connectivity index (χ0) is 19.3. The van der Waals surface area contributed by atoms with Gasteiger partial charge in [0.15, 0.2) is 0 Å². The van der Waals surface area contributed by atoms with Gasteiger partial charge in [-0.3, -0.25) is 15.0 Å². The van der Waals surface area contributed by atoms with Gasteiger partial charge >= 0.3 is 0 Å². The van der Waals surface area contributed by atoms with Gasteiger partial charge in [-0.1, -0.05) is 30.3 Å². The predicted molar refractivity (Wildman–Crippen MR) is 115 cm³/mol. The number of likely N-dealkylation sites (tertiary alicyclic amines) is 1. The number of hydrogen-bond donors (Lipinski definition) is 4. The summed E-state index contributed by atoms with van der Waals surface area (Å²) >= 11 is 0. The summed E-state index contributed by atoms with van der Waals surface area (Å²) in [5.41, 5.74) is 7.69. The van der Waals surface area contributed by atoms with Crippen molar-refractivity contribution in [3.8, 4) is 0 Å². The topological polar surface area (TPSA) is 85.5 Å². The Labute approximate surface area is 178 Å². The van der Waals surface area contributed by atoms with Crippen molar-refractivity contribution in [3.63, 3.8) is 0 Å². The Hall–Kier alpha value is -1.67. The first kappa shape index (κ1) is 22.0. The quantitative estimate of drug-likeness (QED) is 0.555. The first-order valence-electron chi connectivity index (χ1n) is 10.5. The molecule has 3 atom stereocenters. The molecular formula is C21H32ClN5O2. The SMILES string of the molecule is Cl.O=C(NCC(=O)N1CCC(Cc2ccccc2)CC1)C1NNC2CCNCC21. The number of rotatable bonds is 5. The maximum absolute atomic E-state index is 12.5. The van der Waals surface area contributed by atoms with Gasteiger partial charge in [0.2, 0.25) is 11.8 Å². The minimum atomic E-state index is -0.276. The van der Waals surface area contributed by atoms with Gasteiger partial charge in [0.1, 0.15) is 6.04 Å². The fraction of sp³-hybridized carbons (Fsp3) is 0.619. The number of nitrogens with one attached hydrogen (secondary N) is 4. The van der Waals surface area contributed by atoms with E-state index in [9.17, 15) is 9.59 Å². The molecule has 2 amide bonds. The first-order chi connectivity index (χ1) is 13.7. The van der Waals surface area contributed by atoms with Gasteiger partial charge < -0.3 is 15.5 Å². The minimum Gasteiger partial charge on any atom is -0.346 e. The number of hydrazine groups is 1. The van der Waals surface area contributed by atoms with Crippen LogP contribution in [0.1, 0.15) is 24.8 Å². The molecule has 3 fully saturated rings. The monoisotopic (exact) mass is 421 g/mol. The van der Waals surface area contributed by atoms with Crippen LogP contribution in [0.5, 0.6) is 0 Å². The van der Waals surface area contributed by atoms with Crippen LogP contribution in [0, 0.1) is 11.8 Å². The Balaban J connectivity index is 0.00000240. The summed E-state index contributed by atoms with van der Waals surface area (Å²) < 4.78 is 0. The molecule has 0 saturated carbocycles. The van der Waals surface area contributed by atoms with E-state index >= 15 is 0 Å². The molecule has 4 N–H and O–H groups in total. The van der Waals surface area contributed by atoms with Crippen molar-refractivity contribution in [2.24, 2.45) is 11.8 Å². The lowest BCUT2D eigenvalue weighted by Gasteiger charge is -2.32. The average Bonchev–Trinajstić information content (AvgIpc) is 3.17. The van der Waals surface area contributed by atoms with Crippen LogP contribution >= 0.6 is 12.4 Å². The van der Waals surface area contributed by atoms with Crippen molar-refractivity contribution >= 4 is 24.2 Å². The Kier molecular flexibility index (Phi) is 7.89. The Morgan fingerprint density at radius 3 is 2.59 bits per heavy atom. The van der Waals surface area contributed by atoms with Gasteiger partial charge in [0.05, 0.1) is 6.54 Å². The van der Waals surface area contributed by atoms with Gasteiger partial charge in [0, 0.05) is 31.6 Å². The summed E-state index contributed by atoms with van der Waals surface area (Å²) in [4.78, 5) is 27.0. The van der Waals surface area contributed by atoms with E-state index in [4.69, 9.17) is 0 Å². The second-order valence-corrected chi connectivity index (χ2v) is 8.26. The third-order valence-electron chi connectivity index (χ3n) is 6.41. The average molecular weight is 422 g/mol. The maximum Gasteiger partial charge on any atom is 0.241 e. The number of carbonyl (C=O) groups excluding carboxylic acids is 2. The van der Waals surface area contributed by atoms with Crippen molar-refractivity contribution in [1.29, 1.82) is 0 Å². The minimum absolute atomic E-state index is 0. The molecule has 1 aromatic carbocycles. The third-order valence-corrected chi connectivity index (χ3v) is 6.41. The molecular weight excluding hydrogens is 390 g/mol. The highest BCUT2D eigenvalue weighted by molar-refractivity contribution is 5.88. The Bertz CT molecular complexity index is 681. The molecule has 4 rings (SSSR count). The van der Waals surface area contributed by atoms with E-state index in [1.54, 1.807) is 0 Å². The van der Waals surface area contributed by atoms with Crippen LogP contribution in [-0.2, 0) is 16.0 Å². The van der Waals surface area contributed by atoms with Gasteiger partial charge in [-0.25, -0.2) is 5.43 Å². The highest BCUT2D eigenvalue weighted by atomic mass is 35.5. The smallest absolute Gasteiger partial charge is 0.241 e. The summed E-state index contributed by atoms with van der Waals surface area (Å²) in [5, 5.41) is 6.19. The zero-order valence-electron chi connectivity index (χ0n) is 16.7. The number of piperidine rings is 2. The van der Waals surface area contributed by atoms with Gasteiger partial charge in [-0.15, -0.1) is 12.4 Å². The lowest BCUT2D eigenvalue weighted by atomic mass is 9.89. The number of fused-ring (bicyclic) bond motifs is 1. The molecule has 0 radical (unpaired) electrons. The molecule has 7 nitrogen and oxygen atoms in total. The molecule has 3 heterocycles. The lowest BCUT2D eigenvalue weighted by molar-refractivity contribution is -0.134. The number of halogens is 1. The van der Waals surface area contributed by atoms with Crippen LogP contribution in [0.15, 0.2) is 30.3 Å². The van der Waals surface area contributed by atoms with E-state index in [2.05, 4.69) is 45.8 Å². The van der Waals surface area contributed by atoms with E-state index in [0.29, 0.717) is 12.0 Å². The molecule has 3 aliphatic rings. The molecule has 8 heteroatoms. The number of benzene rings is 1. The summed E-state index contributed by atoms with van der Waals surface area (Å²) in [5.74, 6) is 0.801.